The van der Waals surface area contributed by atoms with E-state index in [2.05, 4.69) is 35.8 Å². The zero-order chi connectivity index (χ0) is 14.4. The largest absolute Gasteiger partial charge is 0.495 e. The molecule has 0 amide bonds. The van der Waals surface area contributed by atoms with Crippen LogP contribution in [0.3, 0.4) is 0 Å². The van der Waals surface area contributed by atoms with Gasteiger partial charge in [-0.2, -0.15) is 0 Å². The Hall–Kier alpha value is -1.03. The average Bonchev–Trinajstić information content (AvgIpc) is 2.97. The molecule has 20 heavy (non-hydrogen) atoms. The van der Waals surface area contributed by atoms with E-state index in [4.69, 9.17) is 16.3 Å². The monoisotopic (exact) mass is 309 g/mol. The SMILES string of the molecule is CCCNC(Cc1cccs1)c1ccc(Cl)c(OC)c1. The summed E-state index contributed by atoms with van der Waals surface area (Å²) in [7, 11) is 1.65. The molecule has 2 aromatic rings. The van der Waals surface area contributed by atoms with Crippen LogP contribution in [-0.4, -0.2) is 13.7 Å². The second-order valence-corrected chi connectivity index (χ2v) is 6.12. The molecule has 1 heterocycles. The fourth-order valence-corrected chi connectivity index (χ4v) is 3.10. The molecule has 108 valence electrons. The van der Waals surface area contributed by atoms with Gasteiger partial charge in [0, 0.05) is 17.3 Å². The maximum atomic E-state index is 6.10. The zero-order valence-electron chi connectivity index (χ0n) is 11.9. The van der Waals surface area contributed by atoms with Gasteiger partial charge in [0.2, 0.25) is 0 Å². The molecule has 0 aliphatic rings. The molecule has 0 aliphatic carbocycles. The molecule has 2 nitrogen and oxygen atoms in total. The molecule has 0 aliphatic heterocycles. The maximum Gasteiger partial charge on any atom is 0.137 e. The average molecular weight is 310 g/mol. The minimum Gasteiger partial charge on any atom is -0.495 e. The fourth-order valence-electron chi connectivity index (χ4n) is 2.15. The molecular formula is C16H20ClNOS. The van der Waals surface area contributed by atoms with Crippen molar-refractivity contribution in [2.45, 2.75) is 25.8 Å². The van der Waals surface area contributed by atoms with E-state index < -0.39 is 0 Å². The van der Waals surface area contributed by atoms with Gasteiger partial charge in [-0.05, 0) is 42.1 Å². The highest BCUT2D eigenvalue weighted by Gasteiger charge is 2.14. The Morgan fingerprint density at radius 2 is 2.20 bits per heavy atom. The lowest BCUT2D eigenvalue weighted by molar-refractivity contribution is 0.413. The lowest BCUT2D eigenvalue weighted by Gasteiger charge is -2.19. The number of rotatable bonds is 7. The van der Waals surface area contributed by atoms with Gasteiger partial charge in [0.15, 0.2) is 0 Å². The lowest BCUT2D eigenvalue weighted by Crippen LogP contribution is -2.23. The molecule has 1 aromatic heterocycles. The molecule has 1 unspecified atom stereocenters. The van der Waals surface area contributed by atoms with Crippen LogP contribution in [0.1, 0.15) is 29.8 Å². The third-order valence-corrected chi connectivity index (χ3v) is 4.41. The third-order valence-electron chi connectivity index (χ3n) is 3.20. The van der Waals surface area contributed by atoms with Crippen molar-refractivity contribution < 1.29 is 4.74 Å². The van der Waals surface area contributed by atoms with Crippen LogP contribution < -0.4 is 10.1 Å². The Morgan fingerprint density at radius 1 is 1.35 bits per heavy atom. The first-order valence-electron chi connectivity index (χ1n) is 6.83. The normalized spacial score (nSPS) is 12.3. The number of ether oxygens (including phenoxy) is 1. The Bertz CT molecular complexity index is 527. The van der Waals surface area contributed by atoms with E-state index in [1.165, 1.54) is 10.4 Å². The van der Waals surface area contributed by atoms with E-state index in [0.717, 1.165) is 25.1 Å². The summed E-state index contributed by atoms with van der Waals surface area (Å²) in [5.41, 5.74) is 1.22. The first kappa shape index (κ1) is 15.4. The summed E-state index contributed by atoms with van der Waals surface area (Å²) < 4.78 is 5.32. The lowest BCUT2D eigenvalue weighted by atomic mass is 10.0. The summed E-state index contributed by atoms with van der Waals surface area (Å²) >= 11 is 7.90. The van der Waals surface area contributed by atoms with Crippen LogP contribution in [0, 0.1) is 0 Å². The highest BCUT2D eigenvalue weighted by Crippen LogP contribution is 2.29. The summed E-state index contributed by atoms with van der Waals surface area (Å²) in [4.78, 5) is 1.38. The summed E-state index contributed by atoms with van der Waals surface area (Å²) in [6.07, 6.45) is 2.11. The van der Waals surface area contributed by atoms with Crippen molar-refractivity contribution in [3.8, 4) is 5.75 Å². The molecule has 4 heteroatoms. The van der Waals surface area contributed by atoms with Crippen molar-refractivity contribution in [1.82, 2.24) is 5.32 Å². The van der Waals surface area contributed by atoms with E-state index in [0.29, 0.717) is 11.1 Å². The second-order valence-electron chi connectivity index (χ2n) is 4.68. The van der Waals surface area contributed by atoms with Gasteiger partial charge in [-0.15, -0.1) is 11.3 Å². The Labute approximate surface area is 129 Å². The van der Waals surface area contributed by atoms with Crippen LogP contribution in [-0.2, 0) is 6.42 Å². The van der Waals surface area contributed by atoms with Gasteiger partial charge >= 0.3 is 0 Å². The van der Waals surface area contributed by atoms with Gasteiger partial charge in [-0.3, -0.25) is 0 Å². The quantitative estimate of drug-likeness (QED) is 0.801. The van der Waals surface area contributed by atoms with Crippen LogP contribution in [0.15, 0.2) is 35.7 Å². The van der Waals surface area contributed by atoms with E-state index in [9.17, 15) is 0 Å². The van der Waals surface area contributed by atoms with Crippen LogP contribution in [0.2, 0.25) is 5.02 Å². The van der Waals surface area contributed by atoms with Crippen molar-refractivity contribution >= 4 is 22.9 Å². The molecule has 0 spiro atoms. The number of halogens is 1. The van der Waals surface area contributed by atoms with Crippen LogP contribution in [0.5, 0.6) is 5.75 Å². The molecule has 0 radical (unpaired) electrons. The van der Waals surface area contributed by atoms with Gasteiger partial charge in [-0.1, -0.05) is 30.7 Å². The molecular weight excluding hydrogens is 290 g/mol. The second kappa shape index (κ2) is 7.67. The first-order chi connectivity index (χ1) is 9.74. The predicted octanol–water partition coefficient (Wildman–Crippen LogP) is 4.69. The van der Waals surface area contributed by atoms with Crippen LogP contribution >= 0.6 is 22.9 Å². The number of benzene rings is 1. The fraction of sp³-hybridized carbons (Fsp3) is 0.375. The van der Waals surface area contributed by atoms with E-state index >= 15 is 0 Å². The van der Waals surface area contributed by atoms with Gasteiger partial charge in [-0.25, -0.2) is 0 Å². The number of nitrogens with one attached hydrogen (secondary N) is 1. The zero-order valence-corrected chi connectivity index (χ0v) is 13.4. The first-order valence-corrected chi connectivity index (χ1v) is 8.09. The number of hydrogen-bond donors (Lipinski definition) is 1. The van der Waals surface area contributed by atoms with Crippen LogP contribution in [0.4, 0.5) is 0 Å². The Morgan fingerprint density at radius 3 is 2.85 bits per heavy atom. The topological polar surface area (TPSA) is 21.3 Å². The molecule has 2 rings (SSSR count). The van der Waals surface area contributed by atoms with Crippen molar-refractivity contribution in [3.63, 3.8) is 0 Å². The van der Waals surface area contributed by atoms with Crippen LogP contribution in [0.25, 0.3) is 0 Å². The molecule has 0 saturated carbocycles. The van der Waals surface area contributed by atoms with Gasteiger partial charge in [0.05, 0.1) is 12.1 Å². The van der Waals surface area contributed by atoms with E-state index in [1.54, 1.807) is 18.4 Å². The molecule has 1 aromatic carbocycles. The standard InChI is InChI=1S/C16H20ClNOS/c1-3-8-18-15(11-13-5-4-9-20-13)12-6-7-14(17)16(10-12)19-2/h4-7,9-10,15,18H,3,8,11H2,1-2H3. The number of hydrogen-bond acceptors (Lipinski definition) is 3. The number of thiophene rings is 1. The maximum absolute atomic E-state index is 6.10. The van der Waals surface area contributed by atoms with E-state index in [-0.39, 0.29) is 0 Å². The summed E-state index contributed by atoms with van der Waals surface area (Å²) in [5, 5.41) is 6.38. The Kier molecular flexibility index (Phi) is 5.89. The molecule has 0 saturated heterocycles. The highest BCUT2D eigenvalue weighted by atomic mass is 35.5. The molecule has 0 bridgehead atoms. The van der Waals surface area contributed by atoms with Gasteiger partial charge in [0.25, 0.3) is 0 Å². The minimum atomic E-state index is 0.291. The van der Waals surface area contributed by atoms with Crippen molar-refractivity contribution in [1.29, 1.82) is 0 Å². The highest BCUT2D eigenvalue weighted by molar-refractivity contribution is 7.09. The third kappa shape index (κ3) is 3.98. The summed E-state index contributed by atoms with van der Waals surface area (Å²) in [5.74, 6) is 0.735. The molecule has 1 atom stereocenters. The minimum absolute atomic E-state index is 0.291. The predicted molar refractivity (Wildman–Crippen MR) is 87.1 cm³/mol. The van der Waals surface area contributed by atoms with Crippen molar-refractivity contribution in [2.24, 2.45) is 0 Å². The van der Waals surface area contributed by atoms with Gasteiger partial charge in [0.1, 0.15) is 5.75 Å². The Balaban J connectivity index is 2.20. The smallest absolute Gasteiger partial charge is 0.137 e. The summed E-state index contributed by atoms with van der Waals surface area (Å²) in [6, 6.07) is 10.6. The van der Waals surface area contributed by atoms with Crippen molar-refractivity contribution in [3.05, 3.63) is 51.2 Å². The molecule has 1 N–H and O–H groups in total. The number of methoxy groups -OCH3 is 1. The van der Waals surface area contributed by atoms with Gasteiger partial charge < -0.3 is 10.1 Å². The van der Waals surface area contributed by atoms with Crippen molar-refractivity contribution in [2.75, 3.05) is 13.7 Å². The summed E-state index contributed by atoms with van der Waals surface area (Å²) in [6.45, 7) is 3.18. The molecule has 0 fully saturated rings. The van der Waals surface area contributed by atoms with E-state index in [1.807, 2.05) is 12.1 Å².